The lowest BCUT2D eigenvalue weighted by Gasteiger charge is -2.16. The number of carboxylic acids is 1. The maximum atomic E-state index is 13.7. The number of methoxy groups -OCH3 is 1. The number of benzene rings is 1. The fourth-order valence-corrected chi connectivity index (χ4v) is 2.54. The number of halogens is 1. The Morgan fingerprint density at radius 2 is 2.28 bits per heavy atom. The van der Waals surface area contributed by atoms with Crippen molar-refractivity contribution in [1.82, 2.24) is 5.32 Å². The Hall–Kier alpha value is -2.19. The highest BCUT2D eigenvalue weighted by molar-refractivity contribution is 5.84. The fraction of sp³-hybridized carbons (Fsp3) is 0.529. The SMILES string of the molecule is COc1ccc(C(NC(=O)CCOCC2CCCO2)C(=O)O)cc1F. The van der Waals surface area contributed by atoms with E-state index in [-0.39, 0.29) is 30.4 Å². The van der Waals surface area contributed by atoms with Crippen LogP contribution in [0.15, 0.2) is 18.2 Å². The van der Waals surface area contributed by atoms with Crippen LogP contribution in [0.4, 0.5) is 4.39 Å². The van der Waals surface area contributed by atoms with Gasteiger partial charge in [0.15, 0.2) is 17.6 Å². The summed E-state index contributed by atoms with van der Waals surface area (Å²) < 4.78 is 29.3. The Morgan fingerprint density at radius 3 is 2.88 bits per heavy atom. The molecule has 1 aromatic rings. The molecule has 0 spiro atoms. The molecule has 2 rings (SSSR count). The van der Waals surface area contributed by atoms with E-state index in [1.807, 2.05) is 0 Å². The molecule has 0 aromatic heterocycles. The molecule has 0 saturated carbocycles. The van der Waals surface area contributed by atoms with Crippen molar-refractivity contribution in [3.05, 3.63) is 29.6 Å². The molecule has 8 heteroatoms. The maximum absolute atomic E-state index is 13.7. The summed E-state index contributed by atoms with van der Waals surface area (Å²) in [4.78, 5) is 23.3. The number of carboxylic acid groups (broad SMARTS) is 1. The number of amides is 1. The van der Waals surface area contributed by atoms with Crippen molar-refractivity contribution >= 4 is 11.9 Å². The highest BCUT2D eigenvalue weighted by Crippen LogP contribution is 2.22. The molecule has 1 heterocycles. The van der Waals surface area contributed by atoms with E-state index in [0.29, 0.717) is 6.61 Å². The molecule has 25 heavy (non-hydrogen) atoms. The van der Waals surface area contributed by atoms with Crippen LogP contribution in [0.3, 0.4) is 0 Å². The molecule has 138 valence electrons. The van der Waals surface area contributed by atoms with Crippen LogP contribution in [0.5, 0.6) is 5.75 Å². The van der Waals surface area contributed by atoms with Gasteiger partial charge < -0.3 is 24.6 Å². The Kier molecular flexibility index (Phi) is 7.15. The lowest BCUT2D eigenvalue weighted by Crippen LogP contribution is -2.34. The first-order valence-electron chi connectivity index (χ1n) is 8.06. The van der Waals surface area contributed by atoms with Gasteiger partial charge >= 0.3 is 5.97 Å². The van der Waals surface area contributed by atoms with E-state index in [0.717, 1.165) is 25.5 Å². The third-order valence-corrected chi connectivity index (χ3v) is 3.86. The maximum Gasteiger partial charge on any atom is 0.330 e. The van der Waals surface area contributed by atoms with Crippen LogP contribution in [0.2, 0.25) is 0 Å². The lowest BCUT2D eigenvalue weighted by atomic mass is 10.1. The normalized spacial score (nSPS) is 17.9. The molecule has 1 aromatic carbocycles. The molecule has 1 fully saturated rings. The van der Waals surface area contributed by atoms with Gasteiger partial charge in [0.2, 0.25) is 5.91 Å². The number of ether oxygens (including phenoxy) is 3. The zero-order chi connectivity index (χ0) is 18.2. The second-order valence-electron chi connectivity index (χ2n) is 5.69. The predicted molar refractivity (Wildman–Crippen MR) is 85.9 cm³/mol. The van der Waals surface area contributed by atoms with Crippen LogP contribution in [0.25, 0.3) is 0 Å². The minimum atomic E-state index is -1.34. The quantitative estimate of drug-likeness (QED) is 0.655. The molecule has 7 nitrogen and oxygen atoms in total. The van der Waals surface area contributed by atoms with Gasteiger partial charge in [-0.05, 0) is 30.5 Å². The summed E-state index contributed by atoms with van der Waals surface area (Å²) in [5.41, 5.74) is 0.124. The minimum absolute atomic E-state index is 0.00162. The predicted octanol–water partition coefficient (Wildman–Crippen LogP) is 1.66. The molecule has 0 radical (unpaired) electrons. The van der Waals surface area contributed by atoms with Crippen LogP contribution in [0.1, 0.15) is 30.9 Å². The van der Waals surface area contributed by atoms with E-state index in [1.165, 1.54) is 19.2 Å². The highest BCUT2D eigenvalue weighted by atomic mass is 19.1. The second kappa shape index (κ2) is 9.33. The summed E-state index contributed by atoms with van der Waals surface area (Å²) in [5, 5.41) is 11.7. The van der Waals surface area contributed by atoms with Crippen molar-refractivity contribution in [2.24, 2.45) is 0 Å². The van der Waals surface area contributed by atoms with E-state index >= 15 is 0 Å². The Morgan fingerprint density at radius 1 is 1.48 bits per heavy atom. The summed E-state index contributed by atoms with van der Waals surface area (Å²) in [6.45, 7) is 1.31. The van der Waals surface area contributed by atoms with Gasteiger partial charge in [-0.1, -0.05) is 6.07 Å². The van der Waals surface area contributed by atoms with Gasteiger partial charge in [-0.2, -0.15) is 0 Å². The molecule has 1 aliphatic heterocycles. The largest absolute Gasteiger partial charge is 0.494 e. The minimum Gasteiger partial charge on any atom is -0.494 e. The number of nitrogens with one attached hydrogen (secondary N) is 1. The first kappa shape index (κ1) is 19.1. The topological polar surface area (TPSA) is 94.1 Å². The fourth-order valence-electron chi connectivity index (χ4n) is 2.54. The number of carbonyl (C=O) groups is 2. The smallest absolute Gasteiger partial charge is 0.330 e. The molecule has 2 unspecified atom stereocenters. The average Bonchev–Trinajstić information content (AvgIpc) is 3.09. The lowest BCUT2D eigenvalue weighted by molar-refractivity contribution is -0.142. The molecular weight excluding hydrogens is 333 g/mol. The van der Waals surface area contributed by atoms with Crippen LogP contribution in [-0.4, -0.2) is 50.0 Å². The molecule has 0 aliphatic carbocycles. The van der Waals surface area contributed by atoms with Gasteiger partial charge in [-0.15, -0.1) is 0 Å². The van der Waals surface area contributed by atoms with Crippen molar-refractivity contribution in [2.75, 3.05) is 26.9 Å². The average molecular weight is 355 g/mol. The van der Waals surface area contributed by atoms with Gasteiger partial charge in [0.25, 0.3) is 0 Å². The molecule has 1 aliphatic rings. The molecule has 1 saturated heterocycles. The van der Waals surface area contributed by atoms with Crippen molar-refractivity contribution in [3.8, 4) is 5.75 Å². The Bertz CT molecular complexity index is 603. The molecular formula is C17H22FNO6. The van der Waals surface area contributed by atoms with Crippen LogP contribution >= 0.6 is 0 Å². The van der Waals surface area contributed by atoms with E-state index in [9.17, 15) is 19.1 Å². The van der Waals surface area contributed by atoms with Crippen molar-refractivity contribution in [1.29, 1.82) is 0 Å². The number of hydrogen-bond donors (Lipinski definition) is 2. The van der Waals surface area contributed by atoms with Crippen LogP contribution in [-0.2, 0) is 19.1 Å². The standard InChI is InChI=1S/C17H22FNO6/c1-23-14-5-4-11(9-13(14)18)16(17(21)22)19-15(20)6-8-24-10-12-3-2-7-25-12/h4-5,9,12,16H,2-3,6-8,10H2,1H3,(H,19,20)(H,21,22). The summed E-state index contributed by atoms with van der Waals surface area (Å²) >= 11 is 0. The molecule has 2 atom stereocenters. The van der Waals surface area contributed by atoms with Gasteiger partial charge in [0.1, 0.15) is 0 Å². The van der Waals surface area contributed by atoms with Crippen molar-refractivity contribution in [2.45, 2.75) is 31.4 Å². The van der Waals surface area contributed by atoms with Crippen LogP contribution in [0, 0.1) is 5.82 Å². The number of rotatable bonds is 9. The monoisotopic (exact) mass is 355 g/mol. The van der Waals surface area contributed by atoms with Gasteiger partial charge in [-0.3, -0.25) is 4.79 Å². The third-order valence-electron chi connectivity index (χ3n) is 3.86. The number of carbonyl (C=O) groups excluding carboxylic acids is 1. The molecule has 1 amide bonds. The summed E-state index contributed by atoms with van der Waals surface area (Å²) in [6, 6.07) is 2.41. The first-order chi connectivity index (χ1) is 12.0. The second-order valence-corrected chi connectivity index (χ2v) is 5.69. The molecule has 0 bridgehead atoms. The highest BCUT2D eigenvalue weighted by Gasteiger charge is 2.23. The summed E-state index contributed by atoms with van der Waals surface area (Å²) in [5.74, 6) is -2.46. The number of aliphatic carboxylic acids is 1. The van der Waals surface area contributed by atoms with Crippen molar-refractivity contribution in [3.63, 3.8) is 0 Å². The van der Waals surface area contributed by atoms with Gasteiger partial charge in [0.05, 0.1) is 26.4 Å². The van der Waals surface area contributed by atoms with Gasteiger partial charge in [0, 0.05) is 13.0 Å². The summed E-state index contributed by atoms with van der Waals surface area (Å²) in [6.07, 6.45) is 2.02. The van der Waals surface area contributed by atoms with E-state index in [1.54, 1.807) is 0 Å². The van der Waals surface area contributed by atoms with E-state index < -0.39 is 23.7 Å². The van der Waals surface area contributed by atoms with Crippen molar-refractivity contribution < 1.29 is 33.3 Å². The summed E-state index contributed by atoms with van der Waals surface area (Å²) in [7, 11) is 1.31. The first-order valence-corrected chi connectivity index (χ1v) is 8.06. The third kappa shape index (κ3) is 5.68. The number of hydrogen-bond acceptors (Lipinski definition) is 5. The van der Waals surface area contributed by atoms with Gasteiger partial charge in [-0.25, -0.2) is 9.18 Å². The zero-order valence-electron chi connectivity index (χ0n) is 14.0. The Balaban J connectivity index is 1.84. The molecule has 2 N–H and O–H groups in total. The Labute approximate surface area is 145 Å². The van der Waals surface area contributed by atoms with E-state index in [4.69, 9.17) is 14.2 Å². The van der Waals surface area contributed by atoms with E-state index in [2.05, 4.69) is 5.32 Å². The zero-order valence-corrected chi connectivity index (χ0v) is 14.0. The van der Waals surface area contributed by atoms with Crippen LogP contribution < -0.4 is 10.1 Å².